The topological polar surface area (TPSA) is 72.8 Å². The summed E-state index contributed by atoms with van der Waals surface area (Å²) >= 11 is 0. The molecule has 1 aliphatic heterocycles. The average molecular weight is 613 g/mol. The Morgan fingerprint density at radius 3 is 1.75 bits per heavy atom. The molecule has 1 aliphatic rings. The highest BCUT2D eigenvalue weighted by atomic mass is 14.7. The summed E-state index contributed by atoms with van der Waals surface area (Å²) in [6.45, 7) is 0.494. The summed E-state index contributed by atoms with van der Waals surface area (Å²) < 4.78 is 0. The Balaban J connectivity index is 1.31. The number of pyridine rings is 1. The number of nitriles is 2. The molecule has 6 aromatic carbocycles. The Kier molecular flexibility index (Phi) is 7.38. The first-order valence-corrected chi connectivity index (χ1v) is 15.9. The molecule has 1 aromatic heterocycles. The van der Waals surface area contributed by atoms with Crippen LogP contribution in [0.1, 0.15) is 11.1 Å². The summed E-state index contributed by atoms with van der Waals surface area (Å²) in [5, 5.41) is 23.2. The zero-order valence-electron chi connectivity index (χ0n) is 26.0. The number of aliphatic imine (C=N–C) groups is 1. The number of hydrogen-bond acceptors (Lipinski definition) is 4. The van der Waals surface area contributed by atoms with Crippen LogP contribution in [0.25, 0.3) is 66.2 Å². The van der Waals surface area contributed by atoms with Crippen LogP contribution in [0.3, 0.4) is 0 Å². The van der Waals surface area contributed by atoms with Gasteiger partial charge in [-0.25, -0.2) is 0 Å². The second kappa shape index (κ2) is 12.3. The minimum atomic E-state index is -0.160. The van der Waals surface area contributed by atoms with Gasteiger partial charge in [0.25, 0.3) is 0 Å². The van der Waals surface area contributed by atoms with Crippen molar-refractivity contribution in [3.8, 4) is 56.8 Å². The second-order valence-electron chi connectivity index (χ2n) is 11.9. The van der Waals surface area contributed by atoms with Crippen molar-refractivity contribution in [1.82, 2.24) is 4.98 Å². The number of hydrogen-bond donors (Lipinski definition) is 0. The van der Waals surface area contributed by atoms with Gasteiger partial charge in [0.2, 0.25) is 0 Å². The van der Waals surface area contributed by atoms with E-state index in [9.17, 15) is 10.5 Å². The predicted molar refractivity (Wildman–Crippen MR) is 195 cm³/mol. The predicted octanol–water partition coefficient (Wildman–Crippen LogP) is 10.4. The number of nitrogens with zero attached hydrogens (tertiary/aromatic N) is 4. The van der Waals surface area contributed by atoms with Gasteiger partial charge >= 0.3 is 0 Å². The highest BCUT2D eigenvalue weighted by molar-refractivity contribution is 6.22. The van der Waals surface area contributed by atoms with Crippen molar-refractivity contribution < 1.29 is 0 Å². The highest BCUT2D eigenvalue weighted by Gasteiger charge is 2.18. The molecule has 4 nitrogen and oxygen atoms in total. The highest BCUT2D eigenvalue weighted by Crippen LogP contribution is 2.45. The lowest BCUT2D eigenvalue weighted by molar-refractivity contribution is 0.826. The molecule has 2 heterocycles. The van der Waals surface area contributed by atoms with Crippen molar-refractivity contribution in [3.05, 3.63) is 163 Å². The fourth-order valence-corrected chi connectivity index (χ4v) is 6.65. The van der Waals surface area contributed by atoms with Crippen LogP contribution in [0.15, 0.2) is 157 Å². The quantitative estimate of drug-likeness (QED) is 0.182. The zero-order chi connectivity index (χ0) is 32.5. The molecule has 0 amide bonds. The SMILES string of the molecule is N#Cc1ccc(-c2ccc(-c3c4ccccc4c(-c4ccc(C5=NCC(C#N)C=C5)cc4)c4cc(-c5ccccc5)ccc34)cc2)nc1. The third kappa shape index (κ3) is 5.22. The molecule has 4 heteroatoms. The summed E-state index contributed by atoms with van der Waals surface area (Å²) in [7, 11) is 0. The molecule has 1 unspecified atom stereocenters. The molecular formula is C44H28N4. The minimum Gasteiger partial charge on any atom is -0.283 e. The Hall–Kier alpha value is -6.62. The molecule has 0 bridgehead atoms. The summed E-state index contributed by atoms with van der Waals surface area (Å²) in [5.74, 6) is -0.160. The van der Waals surface area contributed by atoms with E-state index in [-0.39, 0.29) is 5.92 Å². The molecular weight excluding hydrogens is 585 g/mol. The van der Waals surface area contributed by atoms with Crippen molar-refractivity contribution in [2.75, 3.05) is 6.54 Å². The van der Waals surface area contributed by atoms with Gasteiger partial charge in [-0.1, -0.05) is 121 Å². The van der Waals surface area contributed by atoms with Gasteiger partial charge in [-0.05, 0) is 84.8 Å². The van der Waals surface area contributed by atoms with Crippen molar-refractivity contribution >= 4 is 27.3 Å². The molecule has 48 heavy (non-hydrogen) atoms. The van der Waals surface area contributed by atoms with Crippen LogP contribution in [0, 0.1) is 28.6 Å². The van der Waals surface area contributed by atoms with E-state index >= 15 is 0 Å². The normalized spacial score (nSPS) is 14.0. The van der Waals surface area contributed by atoms with Crippen molar-refractivity contribution in [2.45, 2.75) is 0 Å². The average Bonchev–Trinajstić information content (AvgIpc) is 3.17. The van der Waals surface area contributed by atoms with Crippen molar-refractivity contribution in [2.24, 2.45) is 10.9 Å². The van der Waals surface area contributed by atoms with Crippen LogP contribution in [0.5, 0.6) is 0 Å². The van der Waals surface area contributed by atoms with Gasteiger partial charge < -0.3 is 0 Å². The van der Waals surface area contributed by atoms with E-state index in [1.165, 1.54) is 38.2 Å². The van der Waals surface area contributed by atoms with Crippen molar-refractivity contribution in [1.29, 1.82) is 10.5 Å². The largest absolute Gasteiger partial charge is 0.283 e. The number of benzene rings is 6. The van der Waals surface area contributed by atoms with E-state index in [1.54, 1.807) is 12.3 Å². The molecule has 7 aromatic rings. The fourth-order valence-electron chi connectivity index (χ4n) is 6.65. The Morgan fingerprint density at radius 2 is 1.15 bits per heavy atom. The van der Waals surface area contributed by atoms with Crippen LogP contribution in [-0.4, -0.2) is 17.2 Å². The molecule has 8 rings (SSSR count). The van der Waals surface area contributed by atoms with Gasteiger partial charge in [0, 0.05) is 11.8 Å². The van der Waals surface area contributed by atoms with E-state index in [1.807, 2.05) is 24.3 Å². The van der Waals surface area contributed by atoms with Gasteiger partial charge in [-0.3, -0.25) is 9.98 Å². The van der Waals surface area contributed by atoms with Crippen LogP contribution >= 0.6 is 0 Å². The van der Waals surface area contributed by atoms with Crippen LogP contribution in [-0.2, 0) is 0 Å². The van der Waals surface area contributed by atoms with Gasteiger partial charge in [-0.15, -0.1) is 0 Å². The van der Waals surface area contributed by atoms with E-state index in [0.717, 1.165) is 39.2 Å². The van der Waals surface area contributed by atoms with Gasteiger partial charge in [0.05, 0.1) is 35.5 Å². The summed E-state index contributed by atoms with van der Waals surface area (Å²) in [6.07, 6.45) is 5.51. The molecule has 0 fully saturated rings. The maximum absolute atomic E-state index is 9.26. The standard InChI is InChI=1S/C44H28N4/c45-25-29-10-22-41(47-27-29)32-12-16-34(17-13-32)43-37-8-4-5-9-38(37)44(40-24-36(20-21-39(40)43)31-6-2-1-3-7-31)35-18-14-33(15-19-35)42-23-11-30(26-46)28-48-42/h1-24,27,30H,28H2. The smallest absolute Gasteiger partial charge is 0.101 e. The number of aromatic nitrogens is 1. The molecule has 0 aliphatic carbocycles. The monoisotopic (exact) mass is 612 g/mol. The van der Waals surface area contributed by atoms with Crippen LogP contribution < -0.4 is 0 Å². The van der Waals surface area contributed by atoms with Crippen LogP contribution in [0.4, 0.5) is 0 Å². The molecule has 0 saturated heterocycles. The van der Waals surface area contributed by atoms with E-state index in [2.05, 4.69) is 137 Å². The van der Waals surface area contributed by atoms with E-state index in [0.29, 0.717) is 12.1 Å². The third-order valence-corrected chi connectivity index (χ3v) is 9.07. The zero-order valence-corrected chi connectivity index (χ0v) is 26.0. The number of fused-ring (bicyclic) bond motifs is 2. The van der Waals surface area contributed by atoms with Gasteiger partial charge in [-0.2, -0.15) is 10.5 Å². The van der Waals surface area contributed by atoms with E-state index in [4.69, 9.17) is 0 Å². The lowest BCUT2D eigenvalue weighted by atomic mass is 9.84. The first-order valence-electron chi connectivity index (χ1n) is 15.9. The molecule has 0 saturated carbocycles. The first-order chi connectivity index (χ1) is 23.7. The number of rotatable bonds is 5. The minimum absolute atomic E-state index is 0.160. The number of allylic oxidation sites excluding steroid dienone is 1. The molecule has 0 N–H and O–H groups in total. The lowest BCUT2D eigenvalue weighted by Crippen LogP contribution is -2.09. The second-order valence-corrected chi connectivity index (χ2v) is 11.9. The summed E-state index contributed by atoms with van der Waals surface area (Å²) in [4.78, 5) is 9.17. The Labute approximate surface area is 279 Å². The van der Waals surface area contributed by atoms with E-state index < -0.39 is 0 Å². The Bertz CT molecular complexity index is 2460. The molecule has 1 atom stereocenters. The number of dihydropyridines is 1. The maximum Gasteiger partial charge on any atom is 0.101 e. The van der Waals surface area contributed by atoms with Crippen LogP contribution in [0.2, 0.25) is 0 Å². The third-order valence-electron chi connectivity index (χ3n) is 9.07. The maximum atomic E-state index is 9.26. The Morgan fingerprint density at radius 1 is 0.542 bits per heavy atom. The first kappa shape index (κ1) is 28.8. The summed E-state index contributed by atoms with van der Waals surface area (Å²) in [5.41, 5.74) is 11.3. The van der Waals surface area contributed by atoms with Crippen molar-refractivity contribution in [3.63, 3.8) is 0 Å². The summed E-state index contributed by atoms with van der Waals surface area (Å²) in [6, 6.07) is 51.3. The molecule has 0 spiro atoms. The lowest BCUT2D eigenvalue weighted by Gasteiger charge is -2.19. The molecule has 224 valence electrons. The fraction of sp³-hybridized carbons (Fsp3) is 0.0455. The van der Waals surface area contributed by atoms with Gasteiger partial charge in [0.1, 0.15) is 6.07 Å². The molecule has 0 radical (unpaired) electrons. The van der Waals surface area contributed by atoms with Gasteiger partial charge in [0.15, 0.2) is 0 Å².